The molecule has 1 aromatic rings. The number of rotatable bonds is 4. The van der Waals surface area contributed by atoms with Crippen LogP contribution >= 0.6 is 27.3 Å². The molecule has 0 unspecified atom stereocenters. The van der Waals surface area contributed by atoms with Crippen molar-refractivity contribution in [2.45, 2.75) is 113 Å². The molecule has 3 saturated carbocycles. The molecule has 0 bridgehead atoms. The van der Waals surface area contributed by atoms with Crippen LogP contribution in [0.15, 0.2) is 42.7 Å². The summed E-state index contributed by atoms with van der Waals surface area (Å²) in [6.45, 7) is 2.00. The number of nitrogens with zero attached hydrogens (tertiary/aromatic N) is 2. The Morgan fingerprint density at radius 1 is 0.694 bits per heavy atom. The molecule has 0 saturated heterocycles. The van der Waals surface area contributed by atoms with E-state index in [1.54, 1.807) is 96.3 Å². The van der Waals surface area contributed by atoms with Gasteiger partial charge in [0, 0.05) is 7.92 Å². The van der Waals surface area contributed by atoms with E-state index in [2.05, 4.69) is 0 Å². The van der Waals surface area contributed by atoms with Gasteiger partial charge < -0.3 is 9.80 Å². The van der Waals surface area contributed by atoms with Crippen molar-refractivity contribution in [1.29, 1.82) is 0 Å². The van der Waals surface area contributed by atoms with E-state index in [9.17, 15) is 0 Å². The molecule has 3 aliphatic carbocycles. The molecule has 3 fully saturated rings. The Morgan fingerprint density at radius 2 is 1.08 bits per heavy atom. The first kappa shape index (κ1) is 30.6. The van der Waals surface area contributed by atoms with Crippen LogP contribution in [0.1, 0.15) is 102 Å². The second kappa shape index (κ2) is 17.6. The SMILES string of the molecule is C1CCC([PH+](C2CCCCC2)C2CCCCC2)CC1.CN1C=CN(C)[CH-]1.[Cl][Ru]([Cl])=[CH]c1ccccc1. The van der Waals surface area contributed by atoms with Crippen LogP contribution in [0.2, 0.25) is 0 Å². The summed E-state index contributed by atoms with van der Waals surface area (Å²) in [5.74, 6) is 0. The van der Waals surface area contributed by atoms with Gasteiger partial charge in [-0.3, -0.25) is 0 Å². The number of hydrogen-bond donors (Lipinski definition) is 0. The molecule has 2 nitrogen and oxygen atoms in total. The Kier molecular flexibility index (Phi) is 15.0. The molecule has 206 valence electrons. The van der Waals surface area contributed by atoms with E-state index in [1.807, 2.05) is 77.9 Å². The Balaban J connectivity index is 0.000000177. The van der Waals surface area contributed by atoms with Crippen molar-refractivity contribution >= 4 is 31.9 Å². The fraction of sp³-hybridized carbons (Fsp3) is 0.667. The first-order valence-electron chi connectivity index (χ1n) is 14.2. The molecule has 0 aromatic heterocycles. The van der Waals surface area contributed by atoms with Crippen molar-refractivity contribution in [2.24, 2.45) is 0 Å². The fourth-order valence-corrected chi connectivity index (χ4v) is 13.5. The standard InChI is InChI=1S/C18H33P.C7H6.C5H9N2.2ClH.Ru/c1-4-10-16(11-5-1)19(17-12-6-2-7-13-17)18-14-8-3-9-15-18;1-7-5-3-2-4-6-7;1-6-3-4-7(2)5-6;;;/h16-18H,1-15H2;1-6H;3-5H,1-2H3;2*1H;/q;;-1;;;+2/p-1. The van der Waals surface area contributed by atoms with Gasteiger partial charge in [-0.25, -0.2) is 0 Å². The molecule has 0 radical (unpaired) electrons. The maximum absolute atomic E-state index is 5.67. The minimum atomic E-state index is -1.61. The summed E-state index contributed by atoms with van der Waals surface area (Å²) in [5, 5.41) is 0. The summed E-state index contributed by atoms with van der Waals surface area (Å²) in [6.07, 6.45) is 27.8. The number of hydrogen-bond acceptors (Lipinski definition) is 2. The first-order valence-corrected chi connectivity index (χ1v) is 21.5. The summed E-state index contributed by atoms with van der Waals surface area (Å²) >= 11 is -1.61. The van der Waals surface area contributed by atoms with E-state index < -0.39 is 13.5 Å². The average Bonchev–Trinajstić information content (AvgIpc) is 3.29. The van der Waals surface area contributed by atoms with Crippen molar-refractivity contribution in [3.05, 3.63) is 55.0 Å². The predicted molar refractivity (Wildman–Crippen MR) is 161 cm³/mol. The molecule has 0 N–H and O–H groups in total. The van der Waals surface area contributed by atoms with Crippen molar-refractivity contribution in [3.63, 3.8) is 0 Å². The van der Waals surface area contributed by atoms with Gasteiger partial charge in [-0.15, -0.1) is 0 Å². The molecule has 5 rings (SSSR count). The van der Waals surface area contributed by atoms with Crippen LogP contribution in [0.5, 0.6) is 0 Å². The van der Waals surface area contributed by atoms with Crippen LogP contribution in [0, 0.1) is 6.67 Å². The molecule has 1 heterocycles. The number of halogens is 2. The monoisotopic (exact) mass is 640 g/mol. The molecule has 1 aromatic carbocycles. The van der Waals surface area contributed by atoms with Gasteiger partial charge in [0.05, 0.1) is 17.0 Å². The Hall–Kier alpha value is 0.0634. The minimum absolute atomic E-state index is 0.0465. The van der Waals surface area contributed by atoms with Crippen LogP contribution in [0.3, 0.4) is 0 Å². The van der Waals surface area contributed by atoms with Crippen LogP contribution in [-0.4, -0.2) is 45.5 Å². The van der Waals surface area contributed by atoms with E-state index in [1.165, 1.54) is 17.0 Å². The molecule has 6 heteroatoms. The summed E-state index contributed by atoms with van der Waals surface area (Å²) in [4.78, 5) is 4.00. The van der Waals surface area contributed by atoms with E-state index in [0.717, 1.165) is 5.56 Å². The van der Waals surface area contributed by atoms with Gasteiger partial charge >= 0.3 is 73.4 Å². The zero-order valence-electron chi connectivity index (χ0n) is 22.5. The van der Waals surface area contributed by atoms with E-state index in [4.69, 9.17) is 19.4 Å². The van der Waals surface area contributed by atoms with Crippen molar-refractivity contribution in [3.8, 4) is 0 Å². The molecular formula is C30H49Cl2N2PRu. The molecule has 0 atom stereocenters. The molecular weight excluding hydrogens is 591 g/mol. The van der Waals surface area contributed by atoms with Crippen molar-refractivity contribution < 1.29 is 13.5 Å². The van der Waals surface area contributed by atoms with Crippen molar-refractivity contribution in [1.82, 2.24) is 9.80 Å². The molecule has 0 amide bonds. The average molecular weight is 641 g/mol. The molecule has 4 aliphatic rings. The third-order valence-electron chi connectivity index (χ3n) is 8.13. The molecule has 0 spiro atoms. The summed E-state index contributed by atoms with van der Waals surface area (Å²) in [5.41, 5.74) is 4.80. The normalized spacial score (nSPS) is 22.0. The van der Waals surface area contributed by atoms with Gasteiger partial charge in [-0.2, -0.15) is 6.67 Å². The Bertz CT molecular complexity index is 716. The topological polar surface area (TPSA) is 6.48 Å². The first-order chi connectivity index (χ1) is 17.5. The second-order valence-corrected chi connectivity index (χ2v) is 20.1. The summed E-state index contributed by atoms with van der Waals surface area (Å²) < 4.78 is 1.92. The van der Waals surface area contributed by atoms with E-state index in [-0.39, 0.29) is 7.92 Å². The second-order valence-electron chi connectivity index (χ2n) is 11.0. The van der Waals surface area contributed by atoms with Gasteiger partial charge in [0.2, 0.25) is 0 Å². The third-order valence-corrected chi connectivity index (χ3v) is 14.6. The fourth-order valence-electron chi connectivity index (χ4n) is 6.49. The van der Waals surface area contributed by atoms with Crippen molar-refractivity contribution in [2.75, 3.05) is 14.1 Å². The van der Waals surface area contributed by atoms with E-state index in [0.29, 0.717) is 0 Å². The Morgan fingerprint density at radius 3 is 1.39 bits per heavy atom. The van der Waals surface area contributed by atoms with Gasteiger partial charge in [0.15, 0.2) is 0 Å². The molecule has 36 heavy (non-hydrogen) atoms. The quantitative estimate of drug-likeness (QED) is 0.184. The van der Waals surface area contributed by atoms with Gasteiger partial charge in [0.1, 0.15) is 0 Å². The zero-order chi connectivity index (χ0) is 25.6. The van der Waals surface area contributed by atoms with Gasteiger partial charge in [-0.05, 0) is 104 Å². The van der Waals surface area contributed by atoms with Crippen LogP contribution < -0.4 is 0 Å². The van der Waals surface area contributed by atoms with Crippen LogP contribution in [-0.2, 0) is 13.5 Å². The predicted octanol–water partition coefficient (Wildman–Crippen LogP) is 9.42. The van der Waals surface area contributed by atoms with E-state index >= 15 is 0 Å². The van der Waals surface area contributed by atoms with Crippen LogP contribution in [0.4, 0.5) is 0 Å². The summed E-state index contributed by atoms with van der Waals surface area (Å²) in [6, 6.07) is 9.89. The zero-order valence-corrected chi connectivity index (χ0v) is 26.8. The maximum atomic E-state index is 5.67. The summed E-state index contributed by atoms with van der Waals surface area (Å²) in [7, 11) is 15.3. The van der Waals surface area contributed by atoms with Gasteiger partial charge in [0.25, 0.3) is 0 Å². The van der Waals surface area contributed by atoms with Crippen LogP contribution in [0.25, 0.3) is 0 Å². The third kappa shape index (κ3) is 11.4. The van der Waals surface area contributed by atoms with Gasteiger partial charge in [-0.1, -0.05) is 19.3 Å². The molecule has 1 aliphatic heterocycles. The Labute approximate surface area is 236 Å². The number of benzene rings is 1.